The Kier molecular flexibility index (Phi) is 26.3. The van der Waals surface area contributed by atoms with E-state index in [2.05, 4.69) is 39.0 Å². The molecule has 0 saturated carbocycles. The van der Waals surface area contributed by atoms with Crippen molar-refractivity contribution in [2.45, 2.75) is 114 Å². The molecule has 1 heteroatoms. The number of unbranched alkanes of at least 4 members (excludes halogenated alkanes) is 3. The van der Waals surface area contributed by atoms with E-state index in [0.717, 1.165) is 0 Å². The Morgan fingerprint density at radius 1 is 0.840 bits per heavy atom. The molecule has 0 amide bonds. The number of Topliss-reactive ketones (excluding diaryl/α,β-unsaturated/α-hetero) is 1. The highest BCUT2D eigenvalue weighted by Gasteiger charge is 2.04. The summed E-state index contributed by atoms with van der Waals surface area (Å²) in [4.78, 5) is 9.81. The van der Waals surface area contributed by atoms with Crippen LogP contribution in [0.1, 0.15) is 111 Å². The molecule has 0 saturated heterocycles. The number of aryl methyl sites for hydroxylation is 2. The Labute approximate surface area is 159 Å². The number of hydrogen-bond donors (Lipinski definition) is 0. The van der Waals surface area contributed by atoms with E-state index >= 15 is 0 Å². The summed E-state index contributed by atoms with van der Waals surface area (Å²) in [5, 5.41) is 0. The Bertz CT molecular complexity index is 393. The molecule has 0 fully saturated rings. The first-order valence-corrected chi connectivity index (χ1v) is 10.6. The van der Waals surface area contributed by atoms with Gasteiger partial charge in [-0.3, -0.25) is 0 Å². The molecule has 148 valence electrons. The van der Waals surface area contributed by atoms with Crippen molar-refractivity contribution in [2.75, 3.05) is 0 Å². The zero-order valence-electron chi connectivity index (χ0n) is 18.8. The van der Waals surface area contributed by atoms with Crippen LogP contribution in [0.4, 0.5) is 0 Å². The van der Waals surface area contributed by atoms with Gasteiger partial charge in [0, 0.05) is 6.42 Å². The van der Waals surface area contributed by atoms with Crippen molar-refractivity contribution < 1.29 is 4.79 Å². The van der Waals surface area contributed by atoms with Gasteiger partial charge >= 0.3 is 0 Å². The van der Waals surface area contributed by atoms with Gasteiger partial charge in [-0.15, -0.1) is 0 Å². The van der Waals surface area contributed by atoms with Gasteiger partial charge in [-0.05, 0) is 49.8 Å². The Hall–Kier alpha value is -1.11. The van der Waals surface area contributed by atoms with E-state index in [4.69, 9.17) is 0 Å². The van der Waals surface area contributed by atoms with Gasteiger partial charge in [0.05, 0.1) is 0 Å². The maximum Gasteiger partial charge on any atom is 0.129 e. The van der Waals surface area contributed by atoms with E-state index in [-0.39, 0.29) is 5.78 Å². The van der Waals surface area contributed by atoms with Crippen molar-refractivity contribution in [1.29, 1.82) is 0 Å². The average molecular weight is 351 g/mol. The summed E-state index contributed by atoms with van der Waals surface area (Å²) < 4.78 is 0. The second-order valence-electron chi connectivity index (χ2n) is 5.83. The molecule has 0 aliphatic rings. The summed E-state index contributed by atoms with van der Waals surface area (Å²) in [6.07, 6.45) is 9.90. The van der Waals surface area contributed by atoms with Crippen LogP contribution in [0, 0.1) is 6.92 Å². The number of carbonyl (C=O) groups excluding carboxylic acids is 1. The standard InChI is InChI=1S/C16H26.C4H8O.2C2H6/c1-4-6-7-8-13-16-14(3)11-9-12-15(16)10-5-2;1-3-4(2)5;2*1-2/h9,11-12H,4-8,10,13H2,1-3H3;3H2,1-2H3;2*1-2H3. The number of rotatable bonds is 8. The van der Waals surface area contributed by atoms with Crippen LogP contribution in [0.2, 0.25) is 0 Å². The van der Waals surface area contributed by atoms with Crippen LogP contribution in [0.5, 0.6) is 0 Å². The Balaban J connectivity index is -0.000000454. The highest BCUT2D eigenvalue weighted by molar-refractivity contribution is 5.74. The van der Waals surface area contributed by atoms with E-state index in [1.165, 1.54) is 50.5 Å². The van der Waals surface area contributed by atoms with Gasteiger partial charge in [-0.25, -0.2) is 0 Å². The van der Waals surface area contributed by atoms with Gasteiger partial charge in [0.1, 0.15) is 5.78 Å². The van der Waals surface area contributed by atoms with Gasteiger partial charge in [0.15, 0.2) is 0 Å². The fraction of sp³-hybridized carbons (Fsp3) is 0.708. The van der Waals surface area contributed by atoms with Crippen LogP contribution < -0.4 is 0 Å². The smallest absolute Gasteiger partial charge is 0.129 e. The zero-order valence-corrected chi connectivity index (χ0v) is 18.8. The molecule has 0 heterocycles. The molecule has 1 aromatic carbocycles. The van der Waals surface area contributed by atoms with E-state index < -0.39 is 0 Å². The van der Waals surface area contributed by atoms with Crippen LogP contribution >= 0.6 is 0 Å². The molecule has 25 heavy (non-hydrogen) atoms. The average Bonchev–Trinajstić information content (AvgIpc) is 2.64. The van der Waals surface area contributed by atoms with E-state index in [0.29, 0.717) is 6.42 Å². The number of ketones is 1. The lowest BCUT2D eigenvalue weighted by Crippen LogP contribution is -1.97. The molecular formula is C24H46O. The largest absolute Gasteiger partial charge is 0.300 e. The van der Waals surface area contributed by atoms with Crippen molar-refractivity contribution in [3.63, 3.8) is 0 Å². The van der Waals surface area contributed by atoms with Crippen molar-refractivity contribution in [3.8, 4) is 0 Å². The molecule has 0 spiro atoms. The summed E-state index contributed by atoms with van der Waals surface area (Å²) in [6.45, 7) is 18.2. The quantitative estimate of drug-likeness (QED) is 0.433. The van der Waals surface area contributed by atoms with E-state index in [1.807, 2.05) is 34.6 Å². The minimum absolute atomic E-state index is 0.255. The first-order valence-electron chi connectivity index (χ1n) is 10.6. The monoisotopic (exact) mass is 350 g/mol. The number of benzene rings is 1. The Morgan fingerprint density at radius 2 is 1.40 bits per heavy atom. The highest BCUT2D eigenvalue weighted by atomic mass is 16.1. The minimum Gasteiger partial charge on any atom is -0.300 e. The topological polar surface area (TPSA) is 17.1 Å². The lowest BCUT2D eigenvalue weighted by atomic mass is 9.94. The third-order valence-corrected chi connectivity index (χ3v) is 3.80. The third kappa shape index (κ3) is 17.5. The fourth-order valence-electron chi connectivity index (χ4n) is 2.35. The molecule has 1 rings (SSSR count). The van der Waals surface area contributed by atoms with Gasteiger partial charge < -0.3 is 4.79 Å². The van der Waals surface area contributed by atoms with Crippen molar-refractivity contribution in [1.82, 2.24) is 0 Å². The first-order chi connectivity index (χ1) is 12.1. The molecular weight excluding hydrogens is 304 g/mol. The second kappa shape index (κ2) is 22.9. The number of hydrogen-bond acceptors (Lipinski definition) is 1. The molecule has 0 aliphatic carbocycles. The molecule has 1 nitrogen and oxygen atoms in total. The number of carbonyl (C=O) groups is 1. The molecule has 0 atom stereocenters. The van der Waals surface area contributed by atoms with E-state index in [9.17, 15) is 4.79 Å². The normalized spacial score (nSPS) is 8.84. The summed E-state index contributed by atoms with van der Waals surface area (Å²) in [5.74, 6) is 0.255. The predicted octanol–water partition coefficient (Wildman–Crippen LogP) is 8.11. The summed E-state index contributed by atoms with van der Waals surface area (Å²) in [7, 11) is 0. The van der Waals surface area contributed by atoms with Gasteiger partial charge in [0.2, 0.25) is 0 Å². The summed E-state index contributed by atoms with van der Waals surface area (Å²) in [5.41, 5.74) is 4.70. The van der Waals surface area contributed by atoms with Gasteiger partial charge in [0.25, 0.3) is 0 Å². The highest BCUT2D eigenvalue weighted by Crippen LogP contribution is 2.19. The zero-order chi connectivity index (χ0) is 20.1. The summed E-state index contributed by atoms with van der Waals surface area (Å²) in [6, 6.07) is 6.77. The molecule has 0 radical (unpaired) electrons. The van der Waals surface area contributed by atoms with Crippen LogP contribution in [-0.2, 0) is 17.6 Å². The van der Waals surface area contributed by atoms with Crippen LogP contribution in [0.15, 0.2) is 18.2 Å². The molecule has 1 aromatic rings. The molecule has 0 unspecified atom stereocenters. The third-order valence-electron chi connectivity index (χ3n) is 3.80. The molecule has 0 bridgehead atoms. The van der Waals surface area contributed by atoms with Crippen LogP contribution in [-0.4, -0.2) is 5.78 Å². The lowest BCUT2D eigenvalue weighted by molar-refractivity contribution is -0.116. The second-order valence-corrected chi connectivity index (χ2v) is 5.83. The van der Waals surface area contributed by atoms with Crippen molar-refractivity contribution >= 4 is 5.78 Å². The molecule has 0 aliphatic heterocycles. The summed E-state index contributed by atoms with van der Waals surface area (Å²) >= 11 is 0. The fourth-order valence-corrected chi connectivity index (χ4v) is 2.35. The predicted molar refractivity (Wildman–Crippen MR) is 117 cm³/mol. The van der Waals surface area contributed by atoms with Crippen LogP contribution in [0.3, 0.4) is 0 Å². The van der Waals surface area contributed by atoms with Gasteiger partial charge in [-0.2, -0.15) is 0 Å². The maximum atomic E-state index is 9.81. The molecule has 0 aromatic heterocycles. The van der Waals surface area contributed by atoms with Crippen molar-refractivity contribution in [3.05, 3.63) is 34.9 Å². The maximum absolute atomic E-state index is 9.81. The van der Waals surface area contributed by atoms with E-state index in [1.54, 1.807) is 18.1 Å². The Morgan fingerprint density at radius 3 is 1.84 bits per heavy atom. The lowest BCUT2D eigenvalue weighted by Gasteiger charge is -2.12. The van der Waals surface area contributed by atoms with Crippen molar-refractivity contribution in [2.24, 2.45) is 0 Å². The van der Waals surface area contributed by atoms with Gasteiger partial charge in [-0.1, -0.05) is 92.3 Å². The van der Waals surface area contributed by atoms with Crippen LogP contribution in [0.25, 0.3) is 0 Å². The molecule has 0 N–H and O–H groups in total. The SMILES string of the molecule is CC.CC.CCC(C)=O.CCCCCCc1c(C)cccc1CCC. The first kappa shape index (κ1) is 28.7. The minimum atomic E-state index is 0.255.